The van der Waals surface area contributed by atoms with Crippen LogP contribution in [0.3, 0.4) is 0 Å². The summed E-state index contributed by atoms with van der Waals surface area (Å²) in [4.78, 5) is 2.34. The maximum atomic E-state index is 14.0. The Morgan fingerprint density at radius 1 is 1.50 bits per heavy atom. The van der Waals surface area contributed by atoms with Gasteiger partial charge in [-0.25, -0.2) is 4.39 Å². The second-order valence-corrected chi connectivity index (χ2v) is 5.33. The SMILES string of the molecule is CCC1CCN(C(CN)c2cc(C)ccc2F)C1. The molecule has 2 atom stereocenters. The van der Waals surface area contributed by atoms with E-state index in [1.165, 1.54) is 12.8 Å². The monoisotopic (exact) mass is 250 g/mol. The molecule has 1 aromatic rings. The number of aryl methyl sites for hydroxylation is 1. The van der Waals surface area contributed by atoms with E-state index in [-0.39, 0.29) is 11.9 Å². The first-order valence-corrected chi connectivity index (χ1v) is 6.85. The van der Waals surface area contributed by atoms with Crippen LogP contribution in [0.1, 0.15) is 36.9 Å². The molecule has 1 aliphatic heterocycles. The van der Waals surface area contributed by atoms with Crippen molar-refractivity contribution in [2.75, 3.05) is 19.6 Å². The van der Waals surface area contributed by atoms with E-state index in [4.69, 9.17) is 5.73 Å². The van der Waals surface area contributed by atoms with Gasteiger partial charge in [0.1, 0.15) is 5.82 Å². The van der Waals surface area contributed by atoms with Crippen molar-refractivity contribution >= 4 is 0 Å². The van der Waals surface area contributed by atoms with Crippen LogP contribution in [-0.2, 0) is 0 Å². The summed E-state index contributed by atoms with van der Waals surface area (Å²) in [6, 6.07) is 5.33. The van der Waals surface area contributed by atoms with Gasteiger partial charge in [0.05, 0.1) is 0 Å². The van der Waals surface area contributed by atoms with Gasteiger partial charge >= 0.3 is 0 Å². The molecule has 0 amide bonds. The Morgan fingerprint density at radius 3 is 2.89 bits per heavy atom. The van der Waals surface area contributed by atoms with Gasteiger partial charge in [0.2, 0.25) is 0 Å². The lowest BCUT2D eigenvalue weighted by atomic mass is 10.0. The molecule has 2 N–H and O–H groups in total. The average Bonchev–Trinajstić information content (AvgIpc) is 2.83. The summed E-state index contributed by atoms with van der Waals surface area (Å²) < 4.78 is 14.0. The molecule has 2 unspecified atom stereocenters. The zero-order chi connectivity index (χ0) is 13.1. The standard InChI is InChI=1S/C15H23FN2/c1-3-12-6-7-18(10-12)15(9-17)13-8-11(2)4-5-14(13)16/h4-5,8,12,15H,3,6-7,9-10,17H2,1-2H3. The molecule has 2 nitrogen and oxygen atoms in total. The summed E-state index contributed by atoms with van der Waals surface area (Å²) >= 11 is 0. The highest BCUT2D eigenvalue weighted by molar-refractivity contribution is 5.27. The Labute approximate surface area is 109 Å². The molecule has 1 saturated heterocycles. The van der Waals surface area contributed by atoms with Crippen LogP contribution in [0.5, 0.6) is 0 Å². The van der Waals surface area contributed by atoms with E-state index in [9.17, 15) is 4.39 Å². The fourth-order valence-electron chi connectivity index (χ4n) is 2.87. The smallest absolute Gasteiger partial charge is 0.128 e. The van der Waals surface area contributed by atoms with Crippen molar-refractivity contribution < 1.29 is 4.39 Å². The van der Waals surface area contributed by atoms with Gasteiger partial charge in [-0.1, -0.05) is 31.0 Å². The summed E-state index contributed by atoms with van der Waals surface area (Å²) in [6.45, 7) is 6.78. The van der Waals surface area contributed by atoms with Crippen LogP contribution in [-0.4, -0.2) is 24.5 Å². The summed E-state index contributed by atoms with van der Waals surface area (Å²) in [5.41, 5.74) is 7.73. The Hall–Kier alpha value is -0.930. The van der Waals surface area contributed by atoms with Gasteiger partial charge in [-0.3, -0.25) is 4.90 Å². The Morgan fingerprint density at radius 2 is 2.28 bits per heavy atom. The van der Waals surface area contributed by atoms with Crippen molar-refractivity contribution in [3.63, 3.8) is 0 Å². The number of halogens is 1. The maximum Gasteiger partial charge on any atom is 0.128 e. The van der Waals surface area contributed by atoms with Crippen molar-refractivity contribution in [3.8, 4) is 0 Å². The van der Waals surface area contributed by atoms with E-state index in [0.29, 0.717) is 6.54 Å². The van der Waals surface area contributed by atoms with Crippen molar-refractivity contribution in [1.82, 2.24) is 4.90 Å². The lowest BCUT2D eigenvalue weighted by Crippen LogP contribution is -2.32. The Balaban J connectivity index is 2.20. The van der Waals surface area contributed by atoms with Gasteiger partial charge in [-0.15, -0.1) is 0 Å². The number of rotatable bonds is 4. The van der Waals surface area contributed by atoms with E-state index < -0.39 is 0 Å². The molecule has 1 aromatic carbocycles. The minimum absolute atomic E-state index is 0.0291. The van der Waals surface area contributed by atoms with Gasteiger partial charge in [-0.05, 0) is 31.9 Å². The number of benzene rings is 1. The molecule has 0 bridgehead atoms. The highest BCUT2D eigenvalue weighted by Gasteiger charge is 2.28. The molecule has 2 rings (SSSR count). The van der Waals surface area contributed by atoms with Crippen molar-refractivity contribution in [1.29, 1.82) is 0 Å². The molecule has 3 heteroatoms. The summed E-state index contributed by atoms with van der Waals surface area (Å²) in [5.74, 6) is 0.614. The third kappa shape index (κ3) is 2.73. The van der Waals surface area contributed by atoms with Crippen LogP contribution >= 0.6 is 0 Å². The van der Waals surface area contributed by atoms with E-state index in [2.05, 4.69) is 11.8 Å². The first-order chi connectivity index (χ1) is 8.65. The molecule has 0 spiro atoms. The topological polar surface area (TPSA) is 29.3 Å². The minimum atomic E-state index is -0.129. The van der Waals surface area contributed by atoms with Crippen molar-refractivity contribution in [3.05, 3.63) is 35.1 Å². The zero-order valence-electron chi connectivity index (χ0n) is 11.3. The van der Waals surface area contributed by atoms with Crippen LogP contribution in [0.25, 0.3) is 0 Å². The molecule has 0 saturated carbocycles. The molecule has 1 heterocycles. The molecule has 1 fully saturated rings. The second-order valence-electron chi connectivity index (χ2n) is 5.33. The quantitative estimate of drug-likeness (QED) is 0.890. The molecular formula is C15H23FN2. The number of likely N-dealkylation sites (tertiary alicyclic amines) is 1. The summed E-state index contributed by atoms with van der Waals surface area (Å²) in [5, 5.41) is 0. The van der Waals surface area contributed by atoms with Crippen LogP contribution < -0.4 is 5.73 Å². The maximum absolute atomic E-state index is 14.0. The first kappa shape index (κ1) is 13.5. The lowest BCUT2D eigenvalue weighted by molar-refractivity contribution is 0.236. The van der Waals surface area contributed by atoms with Crippen molar-refractivity contribution in [2.45, 2.75) is 32.7 Å². The minimum Gasteiger partial charge on any atom is -0.329 e. The van der Waals surface area contributed by atoms with Gasteiger partial charge in [0, 0.05) is 24.7 Å². The van der Waals surface area contributed by atoms with Crippen molar-refractivity contribution in [2.24, 2.45) is 11.7 Å². The normalized spacial score (nSPS) is 22.3. The highest BCUT2D eigenvalue weighted by atomic mass is 19.1. The third-order valence-corrected chi connectivity index (χ3v) is 4.07. The van der Waals surface area contributed by atoms with Gasteiger partial charge in [0.25, 0.3) is 0 Å². The molecule has 1 aliphatic rings. The first-order valence-electron chi connectivity index (χ1n) is 6.85. The molecular weight excluding hydrogens is 227 g/mol. The van der Waals surface area contributed by atoms with Crippen LogP contribution in [0.15, 0.2) is 18.2 Å². The van der Waals surface area contributed by atoms with E-state index in [0.717, 1.165) is 30.1 Å². The molecule has 0 aliphatic carbocycles. The van der Waals surface area contributed by atoms with Gasteiger partial charge in [-0.2, -0.15) is 0 Å². The highest BCUT2D eigenvalue weighted by Crippen LogP contribution is 2.30. The van der Waals surface area contributed by atoms with E-state index in [1.807, 2.05) is 19.1 Å². The van der Waals surface area contributed by atoms with Gasteiger partial charge < -0.3 is 5.73 Å². The zero-order valence-corrected chi connectivity index (χ0v) is 11.3. The Bertz CT molecular complexity index is 405. The molecule has 0 radical (unpaired) electrons. The predicted octanol–water partition coefficient (Wildman–Crippen LogP) is 2.87. The third-order valence-electron chi connectivity index (χ3n) is 4.07. The van der Waals surface area contributed by atoms with Gasteiger partial charge in [0.15, 0.2) is 0 Å². The fraction of sp³-hybridized carbons (Fsp3) is 0.600. The largest absolute Gasteiger partial charge is 0.329 e. The number of nitrogens with two attached hydrogens (primary N) is 1. The summed E-state index contributed by atoms with van der Waals surface area (Å²) in [6.07, 6.45) is 2.41. The number of hydrogen-bond donors (Lipinski definition) is 1. The average molecular weight is 250 g/mol. The number of nitrogens with zero attached hydrogens (tertiary/aromatic N) is 1. The molecule has 18 heavy (non-hydrogen) atoms. The fourth-order valence-corrected chi connectivity index (χ4v) is 2.87. The number of hydrogen-bond acceptors (Lipinski definition) is 2. The van der Waals surface area contributed by atoms with Crippen LogP contribution in [0.2, 0.25) is 0 Å². The summed E-state index contributed by atoms with van der Waals surface area (Å²) in [7, 11) is 0. The Kier molecular flexibility index (Phi) is 4.36. The molecule has 100 valence electrons. The predicted molar refractivity (Wildman–Crippen MR) is 72.9 cm³/mol. The second kappa shape index (κ2) is 5.81. The van der Waals surface area contributed by atoms with Crippen LogP contribution in [0, 0.1) is 18.7 Å². The van der Waals surface area contributed by atoms with E-state index >= 15 is 0 Å². The molecule has 0 aromatic heterocycles. The van der Waals surface area contributed by atoms with E-state index in [1.54, 1.807) is 6.07 Å². The lowest BCUT2D eigenvalue weighted by Gasteiger charge is -2.27. The van der Waals surface area contributed by atoms with Crippen LogP contribution in [0.4, 0.5) is 4.39 Å².